The number of fused-ring (bicyclic) bond motifs is 1. The predicted octanol–water partition coefficient (Wildman–Crippen LogP) is 2.26. The van der Waals surface area contributed by atoms with Crippen LogP contribution in [0.4, 0.5) is 11.6 Å². The van der Waals surface area contributed by atoms with Crippen molar-refractivity contribution in [3.05, 3.63) is 11.9 Å². The second-order valence-corrected chi connectivity index (χ2v) is 5.85. The normalized spacial score (nSPS) is 26.3. The van der Waals surface area contributed by atoms with Gasteiger partial charge in [-0.15, -0.1) is 0 Å². The molecule has 5 nitrogen and oxygen atoms in total. The van der Waals surface area contributed by atoms with Gasteiger partial charge in [-0.2, -0.15) is 0 Å². The van der Waals surface area contributed by atoms with Crippen LogP contribution in [0.1, 0.15) is 38.4 Å². The molecule has 2 saturated heterocycles. The SMILES string of the molecule is CCNc1cc(NC2CCN3CCCCC23)nc(C)n1. The molecule has 0 aromatic carbocycles. The van der Waals surface area contributed by atoms with Gasteiger partial charge in [0.1, 0.15) is 17.5 Å². The molecule has 0 saturated carbocycles. The lowest BCUT2D eigenvalue weighted by Gasteiger charge is -2.32. The first-order valence-corrected chi connectivity index (χ1v) is 7.86. The zero-order valence-electron chi connectivity index (χ0n) is 12.5. The summed E-state index contributed by atoms with van der Waals surface area (Å²) in [6, 6.07) is 3.27. The summed E-state index contributed by atoms with van der Waals surface area (Å²) in [5, 5.41) is 6.92. The first-order chi connectivity index (χ1) is 9.76. The molecule has 110 valence electrons. The largest absolute Gasteiger partial charge is 0.370 e. The second kappa shape index (κ2) is 5.95. The van der Waals surface area contributed by atoms with E-state index >= 15 is 0 Å². The smallest absolute Gasteiger partial charge is 0.132 e. The van der Waals surface area contributed by atoms with Crippen LogP contribution in [0.2, 0.25) is 0 Å². The minimum absolute atomic E-state index is 0.541. The Morgan fingerprint density at radius 2 is 2.05 bits per heavy atom. The summed E-state index contributed by atoms with van der Waals surface area (Å²) in [5.41, 5.74) is 0. The maximum absolute atomic E-state index is 4.54. The quantitative estimate of drug-likeness (QED) is 0.883. The maximum Gasteiger partial charge on any atom is 0.132 e. The van der Waals surface area contributed by atoms with Gasteiger partial charge in [0, 0.05) is 31.2 Å². The molecule has 2 unspecified atom stereocenters. The minimum Gasteiger partial charge on any atom is -0.370 e. The molecular weight excluding hydrogens is 250 g/mol. The van der Waals surface area contributed by atoms with Gasteiger partial charge in [0.05, 0.1) is 0 Å². The molecule has 0 bridgehead atoms. The van der Waals surface area contributed by atoms with E-state index in [0.29, 0.717) is 12.1 Å². The Morgan fingerprint density at radius 1 is 1.20 bits per heavy atom. The van der Waals surface area contributed by atoms with Crippen LogP contribution in [0.25, 0.3) is 0 Å². The number of aromatic nitrogens is 2. The first kappa shape index (κ1) is 13.6. The van der Waals surface area contributed by atoms with Crippen LogP contribution in [0.3, 0.4) is 0 Å². The van der Waals surface area contributed by atoms with Crippen molar-refractivity contribution in [1.29, 1.82) is 0 Å². The number of aryl methyl sites for hydroxylation is 1. The zero-order valence-corrected chi connectivity index (χ0v) is 12.5. The van der Waals surface area contributed by atoms with Crippen LogP contribution in [-0.4, -0.2) is 46.6 Å². The van der Waals surface area contributed by atoms with Gasteiger partial charge >= 0.3 is 0 Å². The second-order valence-electron chi connectivity index (χ2n) is 5.85. The molecule has 3 rings (SSSR count). The van der Waals surface area contributed by atoms with E-state index in [2.05, 4.69) is 32.4 Å². The van der Waals surface area contributed by atoms with Gasteiger partial charge in [-0.1, -0.05) is 6.42 Å². The molecule has 2 aliphatic rings. The van der Waals surface area contributed by atoms with Crippen molar-refractivity contribution in [2.24, 2.45) is 0 Å². The molecule has 2 fully saturated rings. The Labute approximate surface area is 121 Å². The summed E-state index contributed by atoms with van der Waals surface area (Å²) >= 11 is 0. The van der Waals surface area contributed by atoms with E-state index in [1.54, 1.807) is 0 Å². The third-order valence-electron chi connectivity index (χ3n) is 4.39. The van der Waals surface area contributed by atoms with Gasteiger partial charge in [-0.25, -0.2) is 9.97 Å². The molecule has 2 N–H and O–H groups in total. The van der Waals surface area contributed by atoms with Crippen LogP contribution in [-0.2, 0) is 0 Å². The maximum atomic E-state index is 4.54. The number of hydrogen-bond donors (Lipinski definition) is 2. The molecule has 20 heavy (non-hydrogen) atoms. The lowest BCUT2D eigenvalue weighted by Crippen LogP contribution is -2.41. The highest BCUT2D eigenvalue weighted by molar-refractivity contribution is 5.48. The number of nitrogens with one attached hydrogen (secondary N) is 2. The Balaban J connectivity index is 1.71. The molecule has 0 radical (unpaired) electrons. The van der Waals surface area contributed by atoms with Crippen molar-refractivity contribution < 1.29 is 0 Å². The monoisotopic (exact) mass is 275 g/mol. The highest BCUT2D eigenvalue weighted by atomic mass is 15.2. The van der Waals surface area contributed by atoms with E-state index < -0.39 is 0 Å². The average Bonchev–Trinajstić information content (AvgIpc) is 2.82. The van der Waals surface area contributed by atoms with E-state index in [9.17, 15) is 0 Å². The summed E-state index contributed by atoms with van der Waals surface area (Å²) < 4.78 is 0. The van der Waals surface area contributed by atoms with Crippen LogP contribution in [0.5, 0.6) is 0 Å². The molecule has 1 aromatic rings. The Morgan fingerprint density at radius 3 is 2.90 bits per heavy atom. The average molecular weight is 275 g/mol. The molecule has 2 atom stereocenters. The van der Waals surface area contributed by atoms with E-state index in [1.807, 2.05) is 13.0 Å². The summed E-state index contributed by atoms with van der Waals surface area (Å²) in [7, 11) is 0. The number of nitrogens with zero attached hydrogens (tertiary/aromatic N) is 3. The highest BCUT2D eigenvalue weighted by Gasteiger charge is 2.35. The van der Waals surface area contributed by atoms with E-state index in [1.165, 1.54) is 38.8 Å². The lowest BCUT2D eigenvalue weighted by atomic mass is 9.99. The third kappa shape index (κ3) is 2.87. The Bertz CT molecular complexity index is 462. The third-order valence-corrected chi connectivity index (χ3v) is 4.39. The number of hydrogen-bond acceptors (Lipinski definition) is 5. The Hall–Kier alpha value is -1.36. The fraction of sp³-hybridized carbons (Fsp3) is 0.733. The number of anilines is 2. The fourth-order valence-electron chi connectivity index (χ4n) is 3.52. The highest BCUT2D eigenvalue weighted by Crippen LogP contribution is 2.29. The van der Waals surface area contributed by atoms with Gasteiger partial charge in [-0.05, 0) is 39.7 Å². The van der Waals surface area contributed by atoms with Gasteiger partial charge in [0.2, 0.25) is 0 Å². The van der Waals surface area contributed by atoms with Crippen LogP contribution in [0, 0.1) is 6.92 Å². The van der Waals surface area contributed by atoms with Gasteiger partial charge < -0.3 is 10.6 Å². The molecule has 1 aromatic heterocycles. The van der Waals surface area contributed by atoms with Crippen LogP contribution in [0.15, 0.2) is 6.07 Å². The van der Waals surface area contributed by atoms with Crippen molar-refractivity contribution in [2.45, 2.75) is 51.6 Å². The van der Waals surface area contributed by atoms with Gasteiger partial charge in [-0.3, -0.25) is 4.90 Å². The van der Waals surface area contributed by atoms with Crippen molar-refractivity contribution in [3.8, 4) is 0 Å². The van der Waals surface area contributed by atoms with Gasteiger partial charge in [0.15, 0.2) is 0 Å². The Kier molecular flexibility index (Phi) is 4.05. The number of piperidine rings is 1. The van der Waals surface area contributed by atoms with Crippen LogP contribution >= 0.6 is 0 Å². The topological polar surface area (TPSA) is 53.1 Å². The van der Waals surface area contributed by atoms with E-state index in [0.717, 1.165) is 24.0 Å². The van der Waals surface area contributed by atoms with Crippen molar-refractivity contribution in [1.82, 2.24) is 14.9 Å². The van der Waals surface area contributed by atoms with Gasteiger partial charge in [0.25, 0.3) is 0 Å². The van der Waals surface area contributed by atoms with E-state index in [4.69, 9.17) is 0 Å². The molecule has 0 aliphatic carbocycles. The van der Waals surface area contributed by atoms with Crippen LogP contribution < -0.4 is 10.6 Å². The molecule has 5 heteroatoms. The summed E-state index contributed by atoms with van der Waals surface area (Å²) in [4.78, 5) is 11.6. The molecule has 2 aliphatic heterocycles. The van der Waals surface area contributed by atoms with E-state index in [-0.39, 0.29) is 0 Å². The fourth-order valence-corrected chi connectivity index (χ4v) is 3.52. The minimum atomic E-state index is 0.541. The predicted molar refractivity (Wildman–Crippen MR) is 82.2 cm³/mol. The standard InChI is InChI=1S/C15H25N5/c1-3-16-14-10-15(18-11(2)17-14)19-12-7-9-20-8-5-4-6-13(12)20/h10,12-13H,3-9H2,1-2H3,(H2,16,17,18,19). The van der Waals surface area contributed by atoms with Crippen molar-refractivity contribution >= 4 is 11.6 Å². The number of rotatable bonds is 4. The summed E-state index contributed by atoms with van der Waals surface area (Å²) in [6.45, 7) is 7.42. The molecule has 0 spiro atoms. The summed E-state index contributed by atoms with van der Waals surface area (Å²) in [6.07, 6.45) is 5.28. The first-order valence-electron chi connectivity index (χ1n) is 7.86. The molecule has 3 heterocycles. The zero-order chi connectivity index (χ0) is 13.9. The summed E-state index contributed by atoms with van der Waals surface area (Å²) in [5.74, 6) is 2.70. The van der Waals surface area contributed by atoms with Crippen molar-refractivity contribution in [3.63, 3.8) is 0 Å². The molecular formula is C15H25N5. The van der Waals surface area contributed by atoms with Crippen molar-refractivity contribution in [2.75, 3.05) is 30.3 Å². The lowest BCUT2D eigenvalue weighted by molar-refractivity contribution is 0.192. The molecule has 0 amide bonds.